The maximum Gasteiger partial charge on any atom is 0.230 e. The molecule has 1 aliphatic rings. The number of hydrogen-bond donors (Lipinski definition) is 1. The highest BCUT2D eigenvalue weighted by molar-refractivity contribution is 7.17. The highest BCUT2D eigenvalue weighted by Gasteiger charge is 2.32. The van der Waals surface area contributed by atoms with Crippen molar-refractivity contribution in [3.8, 4) is 17.4 Å². The molecule has 0 amide bonds. The van der Waals surface area contributed by atoms with Crippen molar-refractivity contribution in [3.05, 3.63) is 64.8 Å². The SMILES string of the molecule is COc1ccc(N2CCN(C(c3cccc(OC)c3)c3sc4nc(C)nn4c3O)CC2)cc1. The van der Waals surface area contributed by atoms with Gasteiger partial charge in [-0.15, -0.1) is 5.10 Å². The van der Waals surface area contributed by atoms with Gasteiger partial charge in [-0.25, -0.2) is 4.98 Å². The summed E-state index contributed by atoms with van der Waals surface area (Å²) in [6.45, 7) is 5.29. The van der Waals surface area contributed by atoms with Gasteiger partial charge in [-0.05, 0) is 48.9 Å². The summed E-state index contributed by atoms with van der Waals surface area (Å²) in [5.41, 5.74) is 2.26. The van der Waals surface area contributed by atoms with Gasteiger partial charge in [0.25, 0.3) is 0 Å². The van der Waals surface area contributed by atoms with E-state index in [1.165, 1.54) is 21.5 Å². The van der Waals surface area contributed by atoms with Gasteiger partial charge < -0.3 is 19.5 Å². The molecule has 1 saturated heterocycles. The molecule has 2 aromatic heterocycles. The molecule has 33 heavy (non-hydrogen) atoms. The summed E-state index contributed by atoms with van der Waals surface area (Å²) in [4.78, 5) is 10.8. The van der Waals surface area contributed by atoms with Crippen LogP contribution in [-0.4, -0.2) is 65.0 Å². The van der Waals surface area contributed by atoms with Crippen LogP contribution in [-0.2, 0) is 0 Å². The molecule has 1 atom stereocenters. The Kier molecular flexibility index (Phi) is 5.82. The number of piperazine rings is 1. The number of aromatic hydroxyl groups is 1. The third-order valence-electron chi connectivity index (χ3n) is 6.08. The summed E-state index contributed by atoms with van der Waals surface area (Å²) in [6, 6.07) is 16.1. The molecule has 1 fully saturated rings. The van der Waals surface area contributed by atoms with Crippen molar-refractivity contribution in [2.45, 2.75) is 13.0 Å². The van der Waals surface area contributed by atoms with Crippen LogP contribution in [0.25, 0.3) is 4.96 Å². The van der Waals surface area contributed by atoms with Crippen LogP contribution >= 0.6 is 11.3 Å². The normalized spacial score (nSPS) is 15.7. The molecule has 8 nitrogen and oxygen atoms in total. The molecule has 1 N–H and O–H groups in total. The summed E-state index contributed by atoms with van der Waals surface area (Å²) in [5.74, 6) is 2.46. The van der Waals surface area contributed by atoms with Crippen LogP contribution < -0.4 is 14.4 Å². The Balaban J connectivity index is 1.45. The number of aryl methyl sites for hydroxylation is 1. The molecule has 1 unspecified atom stereocenters. The number of rotatable bonds is 6. The number of benzene rings is 2. The number of fused-ring (bicyclic) bond motifs is 1. The fourth-order valence-electron chi connectivity index (χ4n) is 4.40. The minimum Gasteiger partial charge on any atom is -0.497 e. The van der Waals surface area contributed by atoms with Crippen molar-refractivity contribution < 1.29 is 14.6 Å². The van der Waals surface area contributed by atoms with Crippen molar-refractivity contribution in [2.75, 3.05) is 45.3 Å². The summed E-state index contributed by atoms with van der Waals surface area (Å²) < 4.78 is 12.3. The second kappa shape index (κ2) is 8.92. The molecule has 0 aliphatic carbocycles. The van der Waals surface area contributed by atoms with Crippen molar-refractivity contribution in [1.29, 1.82) is 0 Å². The van der Waals surface area contributed by atoms with Gasteiger partial charge in [-0.3, -0.25) is 4.90 Å². The van der Waals surface area contributed by atoms with Crippen molar-refractivity contribution in [1.82, 2.24) is 19.5 Å². The molecule has 2 aromatic carbocycles. The molecule has 3 heterocycles. The number of ether oxygens (including phenoxy) is 2. The second-order valence-corrected chi connectivity index (χ2v) is 9.05. The lowest BCUT2D eigenvalue weighted by molar-refractivity contribution is 0.211. The largest absolute Gasteiger partial charge is 0.497 e. The van der Waals surface area contributed by atoms with E-state index in [-0.39, 0.29) is 11.9 Å². The van der Waals surface area contributed by atoms with Crippen LogP contribution in [0.5, 0.6) is 17.4 Å². The maximum absolute atomic E-state index is 11.1. The Morgan fingerprint density at radius 1 is 0.970 bits per heavy atom. The van der Waals surface area contributed by atoms with Crippen molar-refractivity contribution >= 4 is 22.0 Å². The zero-order valence-electron chi connectivity index (χ0n) is 18.9. The van der Waals surface area contributed by atoms with E-state index >= 15 is 0 Å². The predicted octanol–water partition coefficient (Wildman–Crippen LogP) is 3.73. The number of aromatic nitrogens is 3. The Hall–Kier alpha value is -3.30. The lowest BCUT2D eigenvalue weighted by Gasteiger charge is -2.40. The number of thiazole rings is 1. The zero-order valence-corrected chi connectivity index (χ0v) is 19.7. The standard InChI is InChI=1S/C24H27N5O3S/c1-16-25-24-29(26-16)23(30)22(33-24)21(17-5-4-6-20(15-17)32-3)28-13-11-27(12-14-28)18-7-9-19(31-2)10-8-18/h4-10,15,21,30H,11-14H2,1-3H3. The first-order valence-electron chi connectivity index (χ1n) is 10.9. The molecule has 5 rings (SSSR count). The summed E-state index contributed by atoms with van der Waals surface area (Å²) in [6.07, 6.45) is 0. The van der Waals surface area contributed by atoms with E-state index in [9.17, 15) is 5.11 Å². The van der Waals surface area contributed by atoms with Gasteiger partial charge in [0.1, 0.15) is 17.3 Å². The van der Waals surface area contributed by atoms with Crippen LogP contribution in [0.3, 0.4) is 0 Å². The minimum absolute atomic E-state index is 0.119. The van der Waals surface area contributed by atoms with Crippen LogP contribution in [0, 0.1) is 6.92 Å². The van der Waals surface area contributed by atoms with Gasteiger partial charge in [0.2, 0.25) is 10.8 Å². The van der Waals surface area contributed by atoms with E-state index in [0.29, 0.717) is 10.8 Å². The lowest BCUT2D eigenvalue weighted by Crippen LogP contribution is -2.47. The predicted molar refractivity (Wildman–Crippen MR) is 129 cm³/mol. The molecule has 0 bridgehead atoms. The minimum atomic E-state index is -0.119. The quantitative estimate of drug-likeness (QED) is 0.465. The van der Waals surface area contributed by atoms with Gasteiger partial charge in [0.15, 0.2) is 0 Å². The van der Waals surface area contributed by atoms with E-state index in [1.807, 2.05) is 37.3 Å². The lowest BCUT2D eigenvalue weighted by atomic mass is 10.0. The summed E-state index contributed by atoms with van der Waals surface area (Å²) >= 11 is 1.49. The topological polar surface area (TPSA) is 75.4 Å². The van der Waals surface area contributed by atoms with Crippen molar-refractivity contribution in [2.24, 2.45) is 0 Å². The third-order valence-corrected chi connectivity index (χ3v) is 7.15. The molecular weight excluding hydrogens is 438 g/mol. The smallest absolute Gasteiger partial charge is 0.230 e. The second-order valence-electron chi connectivity index (χ2n) is 8.04. The molecular formula is C24H27N5O3S. The molecule has 0 spiro atoms. The van der Waals surface area contributed by atoms with Gasteiger partial charge in [0, 0.05) is 31.9 Å². The van der Waals surface area contributed by atoms with Gasteiger partial charge in [-0.1, -0.05) is 23.5 Å². The fourth-order valence-corrected chi connectivity index (χ4v) is 5.56. The average molecular weight is 466 g/mol. The highest BCUT2D eigenvalue weighted by Crippen LogP contribution is 2.41. The first-order valence-corrected chi connectivity index (χ1v) is 11.7. The van der Waals surface area contributed by atoms with Crippen LogP contribution in [0.4, 0.5) is 5.69 Å². The number of nitrogens with zero attached hydrogens (tertiary/aromatic N) is 5. The van der Waals surface area contributed by atoms with Crippen LogP contribution in [0.15, 0.2) is 48.5 Å². The van der Waals surface area contributed by atoms with E-state index in [0.717, 1.165) is 48.1 Å². The van der Waals surface area contributed by atoms with Crippen molar-refractivity contribution in [3.63, 3.8) is 0 Å². The monoisotopic (exact) mass is 465 g/mol. The Morgan fingerprint density at radius 2 is 1.70 bits per heavy atom. The van der Waals surface area contributed by atoms with Crippen LogP contribution in [0.2, 0.25) is 0 Å². The first kappa shape index (κ1) is 21.5. The Labute approximate surface area is 196 Å². The number of methoxy groups -OCH3 is 2. The third kappa shape index (κ3) is 4.09. The maximum atomic E-state index is 11.1. The highest BCUT2D eigenvalue weighted by atomic mass is 32.1. The summed E-state index contributed by atoms with van der Waals surface area (Å²) in [7, 11) is 3.35. The summed E-state index contributed by atoms with van der Waals surface area (Å²) in [5, 5.41) is 15.4. The molecule has 9 heteroatoms. The molecule has 0 saturated carbocycles. The van der Waals surface area contributed by atoms with E-state index in [4.69, 9.17) is 9.47 Å². The Bertz CT molecular complexity index is 1240. The van der Waals surface area contributed by atoms with E-state index in [1.54, 1.807) is 14.2 Å². The number of hydrogen-bond acceptors (Lipinski definition) is 8. The van der Waals surface area contributed by atoms with Gasteiger partial charge >= 0.3 is 0 Å². The molecule has 172 valence electrons. The molecule has 1 aliphatic heterocycles. The Morgan fingerprint density at radius 3 is 2.36 bits per heavy atom. The van der Waals surface area contributed by atoms with Gasteiger partial charge in [0.05, 0.1) is 25.1 Å². The average Bonchev–Trinajstić information content (AvgIpc) is 3.36. The number of anilines is 1. The first-order chi connectivity index (χ1) is 16.1. The zero-order chi connectivity index (χ0) is 22.9. The van der Waals surface area contributed by atoms with E-state index < -0.39 is 0 Å². The molecule has 4 aromatic rings. The van der Waals surface area contributed by atoms with Gasteiger partial charge in [-0.2, -0.15) is 4.52 Å². The van der Waals surface area contributed by atoms with E-state index in [2.05, 4.69) is 38.1 Å². The fraction of sp³-hybridized carbons (Fsp3) is 0.333. The molecule has 0 radical (unpaired) electrons. The van der Waals surface area contributed by atoms with Crippen LogP contribution in [0.1, 0.15) is 22.3 Å².